The van der Waals surface area contributed by atoms with Crippen LogP contribution in [0.5, 0.6) is 5.75 Å². The molecule has 2 N–H and O–H groups in total. The smallest absolute Gasteiger partial charge is 0.324 e. The van der Waals surface area contributed by atoms with Crippen molar-refractivity contribution in [3.8, 4) is 5.75 Å². The van der Waals surface area contributed by atoms with Gasteiger partial charge in [-0.05, 0) is 56.8 Å². The molecule has 1 aromatic rings. The molecule has 1 aromatic carbocycles. The fraction of sp³-hybridized carbons (Fsp3) is 0.600. The number of hydrogen-bond acceptors (Lipinski definition) is 4. The minimum Gasteiger partial charge on any atom is -0.497 e. The van der Waals surface area contributed by atoms with Gasteiger partial charge in [-0.3, -0.25) is 14.5 Å². The maximum absolute atomic E-state index is 13.0. The van der Waals surface area contributed by atoms with E-state index < -0.39 is 11.5 Å². The molecule has 6 nitrogen and oxygen atoms in total. The van der Waals surface area contributed by atoms with Gasteiger partial charge in [0.25, 0.3) is 0 Å². The van der Waals surface area contributed by atoms with Crippen LogP contribution in [0.2, 0.25) is 0 Å². The number of likely N-dealkylation sites (tertiary alicyclic amines) is 1. The number of aliphatic carboxylic acids is 1. The van der Waals surface area contributed by atoms with E-state index in [2.05, 4.69) is 5.32 Å². The summed E-state index contributed by atoms with van der Waals surface area (Å²) in [6.07, 6.45) is 3.95. The first-order valence-electron chi connectivity index (χ1n) is 9.33. The molecule has 2 aliphatic rings. The number of nitrogens with zero attached hydrogens (tertiary/aromatic N) is 1. The van der Waals surface area contributed by atoms with Crippen molar-refractivity contribution in [2.75, 3.05) is 14.2 Å². The molecule has 1 saturated carbocycles. The second-order valence-electron chi connectivity index (χ2n) is 7.47. The SMILES string of the molecule is CC[C@@]1(C(=O)O)C[C@H](C(=O)NC2CCC2)[C@H](c2ccc(OC)cc2)N1C. The summed E-state index contributed by atoms with van der Waals surface area (Å²) < 4.78 is 5.22. The molecule has 0 spiro atoms. The van der Waals surface area contributed by atoms with Crippen LogP contribution < -0.4 is 10.1 Å². The van der Waals surface area contributed by atoms with Gasteiger partial charge in [0, 0.05) is 12.1 Å². The van der Waals surface area contributed by atoms with Crippen molar-refractivity contribution in [1.82, 2.24) is 10.2 Å². The summed E-state index contributed by atoms with van der Waals surface area (Å²) >= 11 is 0. The first kappa shape index (κ1) is 18.7. The quantitative estimate of drug-likeness (QED) is 0.815. The zero-order chi connectivity index (χ0) is 18.9. The van der Waals surface area contributed by atoms with Crippen molar-refractivity contribution in [2.45, 2.75) is 56.7 Å². The Morgan fingerprint density at radius 2 is 1.96 bits per heavy atom. The highest BCUT2D eigenvalue weighted by Gasteiger charge is 2.56. The summed E-state index contributed by atoms with van der Waals surface area (Å²) in [6.45, 7) is 1.88. The van der Waals surface area contributed by atoms with E-state index in [9.17, 15) is 14.7 Å². The largest absolute Gasteiger partial charge is 0.497 e. The molecule has 0 bridgehead atoms. The van der Waals surface area contributed by atoms with Crippen molar-refractivity contribution in [3.05, 3.63) is 29.8 Å². The summed E-state index contributed by atoms with van der Waals surface area (Å²) in [5, 5.41) is 13.0. The molecule has 3 rings (SSSR count). The minimum atomic E-state index is -1.02. The van der Waals surface area contributed by atoms with Crippen LogP contribution in [0.1, 0.15) is 50.6 Å². The minimum absolute atomic E-state index is 0.0288. The van der Waals surface area contributed by atoms with Gasteiger partial charge < -0.3 is 15.2 Å². The Bertz CT molecular complexity index is 671. The predicted molar refractivity (Wildman–Crippen MR) is 98.0 cm³/mol. The second-order valence-corrected chi connectivity index (χ2v) is 7.47. The third kappa shape index (κ3) is 3.07. The van der Waals surface area contributed by atoms with Gasteiger partial charge in [0.2, 0.25) is 5.91 Å². The Morgan fingerprint density at radius 3 is 2.42 bits per heavy atom. The zero-order valence-corrected chi connectivity index (χ0v) is 15.7. The standard InChI is InChI=1S/C20H28N2O4/c1-4-20(19(24)25)12-16(18(23)21-14-6-5-7-14)17(22(20)2)13-8-10-15(26-3)11-9-13/h8-11,14,16-17H,4-7,12H2,1-3H3,(H,21,23)(H,24,25)/t16-,17-,20-/m0/s1. The number of hydrogen-bond donors (Lipinski definition) is 2. The van der Waals surface area contributed by atoms with Gasteiger partial charge >= 0.3 is 5.97 Å². The summed E-state index contributed by atoms with van der Waals surface area (Å²) in [6, 6.07) is 7.55. The molecule has 1 amide bonds. The van der Waals surface area contributed by atoms with Crippen molar-refractivity contribution >= 4 is 11.9 Å². The molecule has 0 aromatic heterocycles. The average molecular weight is 360 g/mol. The topological polar surface area (TPSA) is 78.9 Å². The molecule has 26 heavy (non-hydrogen) atoms. The van der Waals surface area contributed by atoms with E-state index >= 15 is 0 Å². The number of carboxylic acids is 1. The summed E-state index contributed by atoms with van der Waals surface area (Å²) in [7, 11) is 3.43. The van der Waals surface area contributed by atoms with E-state index in [4.69, 9.17) is 4.74 Å². The molecule has 1 saturated heterocycles. The van der Waals surface area contributed by atoms with Crippen LogP contribution in [0.25, 0.3) is 0 Å². The first-order valence-corrected chi connectivity index (χ1v) is 9.33. The van der Waals surface area contributed by atoms with Gasteiger partial charge in [-0.1, -0.05) is 19.1 Å². The highest BCUT2D eigenvalue weighted by Crippen LogP contribution is 2.48. The van der Waals surface area contributed by atoms with E-state index in [1.54, 1.807) is 7.11 Å². The van der Waals surface area contributed by atoms with Crippen LogP contribution in [0.3, 0.4) is 0 Å². The maximum atomic E-state index is 13.0. The molecule has 0 unspecified atom stereocenters. The Balaban J connectivity index is 1.94. The van der Waals surface area contributed by atoms with Crippen molar-refractivity contribution < 1.29 is 19.4 Å². The van der Waals surface area contributed by atoms with Crippen LogP contribution in [-0.4, -0.2) is 47.6 Å². The average Bonchev–Trinajstić information content (AvgIpc) is 2.92. The second kappa shape index (κ2) is 7.27. The number of methoxy groups -OCH3 is 1. The Labute approximate surface area is 154 Å². The molecule has 2 fully saturated rings. The van der Waals surface area contributed by atoms with E-state index in [0.29, 0.717) is 12.8 Å². The number of benzene rings is 1. The van der Waals surface area contributed by atoms with Gasteiger partial charge in [-0.2, -0.15) is 0 Å². The van der Waals surface area contributed by atoms with Gasteiger partial charge in [-0.15, -0.1) is 0 Å². The Hall–Kier alpha value is -2.08. The van der Waals surface area contributed by atoms with E-state index in [1.165, 1.54) is 0 Å². The number of rotatable bonds is 6. The third-order valence-electron chi connectivity index (χ3n) is 6.26. The van der Waals surface area contributed by atoms with Crippen LogP contribution in [0, 0.1) is 5.92 Å². The normalized spacial score (nSPS) is 29.2. The first-order chi connectivity index (χ1) is 12.4. The molecule has 1 aliphatic heterocycles. The molecule has 142 valence electrons. The molecule has 6 heteroatoms. The van der Waals surface area contributed by atoms with Crippen LogP contribution >= 0.6 is 0 Å². The summed E-state index contributed by atoms with van der Waals surface area (Å²) in [5.41, 5.74) is -0.0784. The molecule has 0 radical (unpaired) electrons. The number of carbonyl (C=O) groups excluding carboxylic acids is 1. The molecule has 3 atom stereocenters. The zero-order valence-electron chi connectivity index (χ0n) is 15.7. The lowest BCUT2D eigenvalue weighted by Gasteiger charge is -2.34. The molecular weight excluding hydrogens is 332 g/mol. The van der Waals surface area contributed by atoms with Crippen LogP contribution in [0.4, 0.5) is 0 Å². The van der Waals surface area contributed by atoms with E-state index in [-0.39, 0.29) is 23.9 Å². The lowest BCUT2D eigenvalue weighted by Crippen LogP contribution is -2.48. The van der Waals surface area contributed by atoms with Gasteiger partial charge in [0.15, 0.2) is 0 Å². The number of nitrogens with one attached hydrogen (secondary N) is 1. The molecule has 1 heterocycles. The van der Waals surface area contributed by atoms with Crippen molar-refractivity contribution in [1.29, 1.82) is 0 Å². The van der Waals surface area contributed by atoms with Crippen molar-refractivity contribution in [2.24, 2.45) is 5.92 Å². The Morgan fingerprint density at radius 1 is 1.31 bits per heavy atom. The molecule has 1 aliphatic carbocycles. The number of carbonyl (C=O) groups is 2. The van der Waals surface area contributed by atoms with Gasteiger partial charge in [-0.25, -0.2) is 0 Å². The predicted octanol–water partition coefficient (Wildman–Crippen LogP) is 2.59. The van der Waals surface area contributed by atoms with Gasteiger partial charge in [0.1, 0.15) is 11.3 Å². The number of likely N-dealkylation sites (N-methyl/N-ethyl adjacent to an activating group) is 1. The van der Waals surface area contributed by atoms with Crippen LogP contribution in [0.15, 0.2) is 24.3 Å². The fourth-order valence-electron chi connectivity index (χ4n) is 4.29. The highest BCUT2D eigenvalue weighted by molar-refractivity contribution is 5.85. The lowest BCUT2D eigenvalue weighted by atomic mass is 9.86. The fourth-order valence-corrected chi connectivity index (χ4v) is 4.29. The van der Waals surface area contributed by atoms with Crippen molar-refractivity contribution in [3.63, 3.8) is 0 Å². The van der Waals surface area contributed by atoms with E-state index in [0.717, 1.165) is 30.6 Å². The number of carboxylic acid groups (broad SMARTS) is 1. The summed E-state index contributed by atoms with van der Waals surface area (Å²) in [4.78, 5) is 27.0. The Kier molecular flexibility index (Phi) is 5.23. The monoisotopic (exact) mass is 360 g/mol. The third-order valence-corrected chi connectivity index (χ3v) is 6.26. The number of ether oxygens (including phenoxy) is 1. The van der Waals surface area contributed by atoms with Crippen LogP contribution in [-0.2, 0) is 9.59 Å². The molecular formula is C20H28N2O4. The summed E-state index contributed by atoms with van der Waals surface area (Å²) in [5.74, 6) is -0.534. The number of amides is 1. The van der Waals surface area contributed by atoms with E-state index in [1.807, 2.05) is 43.1 Å². The van der Waals surface area contributed by atoms with Gasteiger partial charge in [0.05, 0.1) is 13.0 Å². The highest BCUT2D eigenvalue weighted by atomic mass is 16.5. The maximum Gasteiger partial charge on any atom is 0.324 e. The lowest BCUT2D eigenvalue weighted by molar-refractivity contribution is -0.150.